The molecule has 1 amide bonds. The lowest BCUT2D eigenvalue weighted by Crippen LogP contribution is -2.54. The summed E-state index contributed by atoms with van der Waals surface area (Å²) in [6, 6.07) is -0.0582. The molecule has 0 radical (unpaired) electrons. The third-order valence-corrected chi connectivity index (χ3v) is 3.36. The fourth-order valence-electron chi connectivity index (χ4n) is 1.38. The smallest absolute Gasteiger partial charge is 0.314 e. The highest BCUT2D eigenvalue weighted by molar-refractivity contribution is 5.94. The van der Waals surface area contributed by atoms with Crippen molar-refractivity contribution in [2.45, 2.75) is 39.3 Å². The number of hydrogen-bond acceptors (Lipinski definition) is 5. The van der Waals surface area contributed by atoms with Crippen molar-refractivity contribution in [1.29, 1.82) is 0 Å². The number of carbonyl (C=O) groups is 1. The van der Waals surface area contributed by atoms with Crippen LogP contribution in [0.2, 0.25) is 0 Å². The molecule has 0 fully saturated rings. The summed E-state index contributed by atoms with van der Waals surface area (Å²) in [5.41, 5.74) is 0.646. The Kier molecular flexibility index (Phi) is 4.34. The number of rotatable bonds is 5. The Morgan fingerprint density at radius 1 is 1.50 bits per heavy atom. The van der Waals surface area contributed by atoms with Crippen molar-refractivity contribution in [1.82, 2.24) is 15.8 Å². The van der Waals surface area contributed by atoms with Crippen molar-refractivity contribution in [3.8, 4) is 5.95 Å². The molecule has 0 aliphatic carbocycles. The van der Waals surface area contributed by atoms with E-state index < -0.39 is 0 Å². The number of aromatic nitrogens is 1. The summed E-state index contributed by atoms with van der Waals surface area (Å²) in [6.45, 7) is 7.68. The molecule has 0 spiro atoms. The van der Waals surface area contributed by atoms with Crippen LogP contribution in [-0.2, 0) is 0 Å². The Hall–Kier alpha value is -1.56. The molecular weight excluding hydrogens is 234 g/mol. The normalized spacial score (nSPS) is 13.2. The first-order valence-corrected chi connectivity index (χ1v) is 5.83. The quantitative estimate of drug-likeness (QED) is 0.824. The van der Waals surface area contributed by atoms with Crippen LogP contribution in [-0.4, -0.2) is 36.8 Å². The third-order valence-electron chi connectivity index (χ3n) is 3.36. The van der Waals surface area contributed by atoms with E-state index in [1.807, 2.05) is 27.8 Å². The van der Waals surface area contributed by atoms with Crippen molar-refractivity contribution < 1.29 is 14.1 Å². The zero-order valence-corrected chi connectivity index (χ0v) is 11.7. The van der Waals surface area contributed by atoms with Crippen LogP contribution in [0, 0.1) is 6.92 Å². The average Bonchev–Trinajstić information content (AvgIpc) is 2.70. The number of hydrogen-bond donors (Lipinski definition) is 2. The molecule has 1 aromatic heterocycles. The van der Waals surface area contributed by atoms with Crippen molar-refractivity contribution in [2.24, 2.45) is 0 Å². The largest absolute Gasteiger partial charge is 0.467 e. The number of ether oxygens (including phenoxy) is 1. The van der Waals surface area contributed by atoms with Gasteiger partial charge in [-0.25, -0.2) is 0 Å². The van der Waals surface area contributed by atoms with E-state index in [0.717, 1.165) is 0 Å². The summed E-state index contributed by atoms with van der Waals surface area (Å²) < 4.78 is 9.86. The Morgan fingerprint density at radius 2 is 2.11 bits per heavy atom. The molecule has 0 saturated heterocycles. The highest BCUT2D eigenvalue weighted by atomic mass is 16.6. The first kappa shape index (κ1) is 14.5. The molecule has 1 unspecified atom stereocenters. The van der Waals surface area contributed by atoms with Crippen molar-refractivity contribution in [3.05, 3.63) is 11.3 Å². The van der Waals surface area contributed by atoms with Gasteiger partial charge in [-0.1, -0.05) is 5.16 Å². The van der Waals surface area contributed by atoms with Crippen LogP contribution >= 0.6 is 0 Å². The van der Waals surface area contributed by atoms with Gasteiger partial charge in [0.05, 0.1) is 12.7 Å². The third kappa shape index (κ3) is 2.81. The average molecular weight is 255 g/mol. The second-order valence-electron chi connectivity index (χ2n) is 4.81. The first-order valence-electron chi connectivity index (χ1n) is 5.83. The van der Waals surface area contributed by atoms with E-state index in [0.29, 0.717) is 5.56 Å². The predicted molar refractivity (Wildman–Crippen MR) is 67.9 cm³/mol. The van der Waals surface area contributed by atoms with E-state index in [1.54, 1.807) is 6.92 Å². The predicted octanol–water partition coefficient (Wildman–Crippen LogP) is 1.11. The molecule has 1 aromatic rings. The number of nitrogens with one attached hydrogen (secondary N) is 2. The van der Waals surface area contributed by atoms with Crippen LogP contribution in [0.5, 0.6) is 5.95 Å². The van der Waals surface area contributed by atoms with Crippen LogP contribution in [0.1, 0.15) is 36.8 Å². The van der Waals surface area contributed by atoms with Crippen LogP contribution in [0.15, 0.2) is 4.52 Å². The first-order chi connectivity index (χ1) is 8.33. The van der Waals surface area contributed by atoms with E-state index in [9.17, 15) is 4.79 Å². The topological polar surface area (TPSA) is 76.4 Å². The van der Waals surface area contributed by atoms with E-state index in [2.05, 4.69) is 15.8 Å². The summed E-state index contributed by atoms with van der Waals surface area (Å²) in [5, 5.41) is 9.75. The molecule has 102 valence electrons. The molecule has 6 nitrogen and oxygen atoms in total. The lowest BCUT2D eigenvalue weighted by atomic mass is 9.96. The van der Waals surface area contributed by atoms with E-state index in [-0.39, 0.29) is 29.1 Å². The molecule has 6 heteroatoms. The van der Waals surface area contributed by atoms with Gasteiger partial charge in [0, 0.05) is 11.6 Å². The van der Waals surface area contributed by atoms with Gasteiger partial charge in [-0.3, -0.25) is 4.79 Å². The minimum Gasteiger partial charge on any atom is -0.467 e. The summed E-state index contributed by atoms with van der Waals surface area (Å²) in [7, 11) is 3.33. The second-order valence-corrected chi connectivity index (χ2v) is 4.81. The van der Waals surface area contributed by atoms with Gasteiger partial charge >= 0.3 is 5.95 Å². The minimum absolute atomic E-state index is 0.0582. The molecule has 0 aromatic carbocycles. The van der Waals surface area contributed by atoms with Crippen LogP contribution in [0.25, 0.3) is 0 Å². The van der Waals surface area contributed by atoms with Crippen molar-refractivity contribution in [2.75, 3.05) is 14.2 Å². The molecule has 18 heavy (non-hydrogen) atoms. The Morgan fingerprint density at radius 3 is 2.56 bits per heavy atom. The molecule has 0 saturated carbocycles. The fraction of sp³-hybridized carbons (Fsp3) is 0.667. The standard InChI is InChI=1S/C12H21N3O3/c1-7-9(15-18-11(7)17-6)10(16)14-8(2)12(3,4)13-5/h8,13H,1-6H3,(H,14,16). The maximum absolute atomic E-state index is 12.1. The van der Waals surface area contributed by atoms with Gasteiger partial charge in [0.25, 0.3) is 5.91 Å². The van der Waals surface area contributed by atoms with E-state index in [1.165, 1.54) is 7.11 Å². The number of nitrogens with zero attached hydrogens (tertiary/aromatic N) is 1. The number of likely N-dealkylation sites (N-methyl/N-ethyl adjacent to an activating group) is 1. The highest BCUT2D eigenvalue weighted by Gasteiger charge is 2.27. The zero-order valence-electron chi connectivity index (χ0n) is 11.7. The van der Waals surface area contributed by atoms with Crippen molar-refractivity contribution in [3.63, 3.8) is 0 Å². The summed E-state index contributed by atoms with van der Waals surface area (Å²) >= 11 is 0. The van der Waals surface area contributed by atoms with E-state index >= 15 is 0 Å². The van der Waals surface area contributed by atoms with Crippen LogP contribution in [0.4, 0.5) is 0 Å². The lowest BCUT2D eigenvalue weighted by molar-refractivity contribution is 0.0909. The number of carbonyl (C=O) groups excluding carboxylic acids is 1. The Labute approximate surface area is 107 Å². The maximum atomic E-state index is 12.1. The maximum Gasteiger partial charge on any atom is 0.314 e. The fourth-order valence-corrected chi connectivity index (χ4v) is 1.38. The van der Waals surface area contributed by atoms with Gasteiger partial charge in [0.1, 0.15) is 0 Å². The molecule has 1 heterocycles. The molecule has 1 atom stereocenters. The molecular formula is C12H21N3O3. The summed E-state index contributed by atoms with van der Waals surface area (Å²) in [5.74, 6) is -0.00365. The van der Waals surface area contributed by atoms with Gasteiger partial charge in [-0.2, -0.15) is 0 Å². The van der Waals surface area contributed by atoms with Gasteiger partial charge in [0.2, 0.25) is 0 Å². The van der Waals surface area contributed by atoms with Crippen molar-refractivity contribution >= 4 is 5.91 Å². The second kappa shape index (κ2) is 5.39. The summed E-state index contributed by atoms with van der Waals surface area (Å²) in [4.78, 5) is 12.1. The Bertz CT molecular complexity index is 426. The molecule has 2 N–H and O–H groups in total. The zero-order chi connectivity index (χ0) is 13.9. The molecule has 0 aliphatic heterocycles. The molecule has 0 aliphatic rings. The van der Waals surface area contributed by atoms with Gasteiger partial charge in [-0.05, 0) is 34.7 Å². The van der Waals surface area contributed by atoms with Gasteiger partial charge in [-0.15, -0.1) is 0 Å². The molecule has 0 bridgehead atoms. The number of amides is 1. The van der Waals surface area contributed by atoms with Crippen LogP contribution in [0.3, 0.4) is 0 Å². The SMILES string of the molecule is CNC(C)(C)C(C)NC(=O)c1noc(OC)c1C. The van der Waals surface area contributed by atoms with Gasteiger partial charge in [0.15, 0.2) is 5.69 Å². The number of methoxy groups -OCH3 is 1. The van der Waals surface area contributed by atoms with Gasteiger partial charge < -0.3 is 19.9 Å². The monoisotopic (exact) mass is 255 g/mol. The summed E-state index contributed by atoms with van der Waals surface area (Å²) in [6.07, 6.45) is 0. The Balaban J connectivity index is 2.80. The van der Waals surface area contributed by atoms with Crippen LogP contribution < -0.4 is 15.4 Å². The highest BCUT2D eigenvalue weighted by Crippen LogP contribution is 2.20. The lowest BCUT2D eigenvalue weighted by Gasteiger charge is -2.31. The minimum atomic E-state index is -0.268. The van der Waals surface area contributed by atoms with E-state index in [4.69, 9.17) is 9.26 Å². The molecule has 1 rings (SSSR count).